The van der Waals surface area contributed by atoms with Crippen LogP contribution in [0.2, 0.25) is 0 Å². The summed E-state index contributed by atoms with van der Waals surface area (Å²) in [6, 6.07) is 0. The third-order valence-corrected chi connectivity index (χ3v) is 14.0. The summed E-state index contributed by atoms with van der Waals surface area (Å²) in [6.45, 7) is 6.49. The Morgan fingerprint density at radius 1 is 0.269 bits per heavy atom. The van der Waals surface area contributed by atoms with Gasteiger partial charge < -0.3 is 14.2 Å². The maximum atomic E-state index is 12.9. The molecule has 0 heterocycles. The smallest absolute Gasteiger partial charge is 0.306 e. The number of carbonyl (C=O) groups is 3. The third-order valence-electron chi connectivity index (χ3n) is 14.0. The molecule has 0 aromatic carbocycles. The molecule has 6 nitrogen and oxygen atoms in total. The van der Waals surface area contributed by atoms with Gasteiger partial charge in [0.2, 0.25) is 0 Å². The molecule has 0 aliphatic heterocycles. The second-order valence-electron chi connectivity index (χ2n) is 21.6. The van der Waals surface area contributed by atoms with Gasteiger partial charge in [0, 0.05) is 19.3 Å². The first kappa shape index (κ1) is 74.1. The van der Waals surface area contributed by atoms with E-state index in [2.05, 4.69) is 130 Å². The second kappa shape index (κ2) is 65.6. The molecule has 0 aliphatic carbocycles. The van der Waals surface area contributed by atoms with Gasteiger partial charge in [-0.3, -0.25) is 14.4 Å². The average molecular weight is 1080 g/mol. The lowest BCUT2D eigenvalue weighted by atomic mass is 10.1. The van der Waals surface area contributed by atoms with Gasteiger partial charge in [-0.05, 0) is 128 Å². The summed E-state index contributed by atoms with van der Waals surface area (Å²) in [4.78, 5) is 38.4. The molecule has 0 saturated heterocycles. The zero-order valence-corrected chi connectivity index (χ0v) is 51.2. The zero-order valence-electron chi connectivity index (χ0n) is 51.2. The predicted molar refractivity (Wildman–Crippen MR) is 339 cm³/mol. The number of hydrogen-bond acceptors (Lipinski definition) is 6. The Labute approximate surface area is 482 Å². The van der Waals surface area contributed by atoms with Crippen molar-refractivity contribution >= 4 is 17.9 Å². The number of ether oxygens (including phenoxy) is 3. The van der Waals surface area contributed by atoms with Gasteiger partial charge in [0.25, 0.3) is 0 Å². The topological polar surface area (TPSA) is 78.9 Å². The number of allylic oxidation sites excluding steroid dienone is 18. The Morgan fingerprint density at radius 2 is 0.500 bits per heavy atom. The fourth-order valence-electron chi connectivity index (χ4n) is 9.06. The van der Waals surface area contributed by atoms with Crippen molar-refractivity contribution < 1.29 is 28.6 Å². The van der Waals surface area contributed by atoms with Crippen molar-refractivity contribution in [2.45, 2.75) is 316 Å². The molecule has 0 spiro atoms. The number of carbonyl (C=O) groups excluding carboxylic acids is 3. The second-order valence-corrected chi connectivity index (χ2v) is 21.6. The molecule has 6 heteroatoms. The molecule has 0 bridgehead atoms. The average Bonchev–Trinajstić information content (AvgIpc) is 3.44. The number of unbranched alkanes of at least 4 members (excludes halogenated alkanes) is 30. The quantitative estimate of drug-likeness (QED) is 0.0261. The van der Waals surface area contributed by atoms with Crippen LogP contribution in [0.15, 0.2) is 109 Å². The van der Waals surface area contributed by atoms with E-state index in [0.717, 1.165) is 122 Å². The standard InChI is InChI=1S/C72H122O6/c1-4-7-10-13-16-19-22-25-28-31-33-34-35-36-37-38-39-42-44-47-50-53-56-59-62-65-71(74)77-68-69(67-76-70(73)64-61-58-55-52-49-46-43-40-30-27-24-21-18-15-12-9-6-3)78-72(75)66-63-60-57-54-51-48-45-41-32-29-26-23-20-17-14-11-8-5-2/h9,12,18,20-23,25,27,29-33,35-36,43,46,69H,4-8,10-11,13-17,19,24,26,28,34,37-42,44-45,47-68H2,1-3H3/b12-9-,21-18-,23-20-,25-22-,30-27-,32-29-,33-31-,36-35-,46-43-. The lowest BCUT2D eigenvalue weighted by Crippen LogP contribution is -2.30. The molecule has 0 saturated carbocycles. The van der Waals surface area contributed by atoms with Gasteiger partial charge in [-0.1, -0.05) is 271 Å². The molecular formula is C72H122O6. The molecule has 1 atom stereocenters. The lowest BCUT2D eigenvalue weighted by Gasteiger charge is -2.18. The van der Waals surface area contributed by atoms with E-state index in [-0.39, 0.29) is 31.1 Å². The highest BCUT2D eigenvalue weighted by atomic mass is 16.6. The Balaban J connectivity index is 4.40. The van der Waals surface area contributed by atoms with Crippen molar-refractivity contribution in [3.63, 3.8) is 0 Å². The van der Waals surface area contributed by atoms with Crippen molar-refractivity contribution in [1.82, 2.24) is 0 Å². The zero-order chi connectivity index (χ0) is 56.4. The monoisotopic (exact) mass is 1080 g/mol. The van der Waals surface area contributed by atoms with Crippen LogP contribution in [0.5, 0.6) is 0 Å². The highest BCUT2D eigenvalue weighted by Gasteiger charge is 2.19. The van der Waals surface area contributed by atoms with E-state index in [4.69, 9.17) is 14.2 Å². The van der Waals surface area contributed by atoms with Crippen LogP contribution < -0.4 is 0 Å². The van der Waals surface area contributed by atoms with E-state index >= 15 is 0 Å². The van der Waals surface area contributed by atoms with Crippen molar-refractivity contribution in [3.8, 4) is 0 Å². The van der Waals surface area contributed by atoms with Crippen LogP contribution in [0, 0.1) is 0 Å². The maximum absolute atomic E-state index is 12.9. The molecule has 446 valence electrons. The van der Waals surface area contributed by atoms with E-state index in [9.17, 15) is 14.4 Å². The fourth-order valence-corrected chi connectivity index (χ4v) is 9.06. The summed E-state index contributed by atoms with van der Waals surface area (Å²) in [6.07, 6.45) is 89.5. The molecular weight excluding hydrogens is 961 g/mol. The molecule has 0 aromatic rings. The highest BCUT2D eigenvalue weighted by molar-refractivity contribution is 5.71. The van der Waals surface area contributed by atoms with E-state index in [1.165, 1.54) is 148 Å². The Hall–Kier alpha value is -3.93. The van der Waals surface area contributed by atoms with Gasteiger partial charge in [0.1, 0.15) is 13.2 Å². The summed E-state index contributed by atoms with van der Waals surface area (Å²) in [7, 11) is 0. The first-order chi connectivity index (χ1) is 38.5. The first-order valence-electron chi connectivity index (χ1n) is 32.9. The summed E-state index contributed by atoms with van der Waals surface area (Å²) < 4.78 is 16.9. The Kier molecular flexibility index (Phi) is 62.3. The van der Waals surface area contributed by atoms with Crippen molar-refractivity contribution in [2.75, 3.05) is 13.2 Å². The summed E-state index contributed by atoms with van der Waals surface area (Å²) in [5, 5.41) is 0. The van der Waals surface area contributed by atoms with E-state index in [1.54, 1.807) is 0 Å². The van der Waals surface area contributed by atoms with Gasteiger partial charge in [-0.15, -0.1) is 0 Å². The first-order valence-corrected chi connectivity index (χ1v) is 32.9. The minimum absolute atomic E-state index is 0.0920. The van der Waals surface area contributed by atoms with Gasteiger partial charge in [0.05, 0.1) is 0 Å². The number of hydrogen-bond donors (Lipinski definition) is 0. The van der Waals surface area contributed by atoms with Crippen LogP contribution in [0.1, 0.15) is 310 Å². The molecule has 0 aromatic heterocycles. The molecule has 0 radical (unpaired) electrons. The van der Waals surface area contributed by atoms with Gasteiger partial charge in [0.15, 0.2) is 6.10 Å². The van der Waals surface area contributed by atoms with E-state index in [1.807, 2.05) is 0 Å². The summed E-state index contributed by atoms with van der Waals surface area (Å²) in [5.74, 6) is -0.920. The SMILES string of the molecule is CC/C=C\C/C=C\C/C=C\C/C=C\CCCCCCC(=O)OCC(COC(=O)CCCCCCCCCCCC/C=C\C/C=C\C/C=C\CCCCCCC)OC(=O)CCCCCCCCC/C=C\C/C=C\CCCCCC. The van der Waals surface area contributed by atoms with Crippen LogP contribution in [-0.2, 0) is 28.6 Å². The van der Waals surface area contributed by atoms with Gasteiger partial charge >= 0.3 is 17.9 Å². The van der Waals surface area contributed by atoms with Crippen LogP contribution in [0.3, 0.4) is 0 Å². The molecule has 0 N–H and O–H groups in total. The van der Waals surface area contributed by atoms with Crippen molar-refractivity contribution in [1.29, 1.82) is 0 Å². The third kappa shape index (κ3) is 62.9. The molecule has 0 rings (SSSR count). The van der Waals surface area contributed by atoms with E-state index < -0.39 is 6.10 Å². The van der Waals surface area contributed by atoms with Gasteiger partial charge in [-0.2, -0.15) is 0 Å². The molecule has 78 heavy (non-hydrogen) atoms. The van der Waals surface area contributed by atoms with Crippen LogP contribution >= 0.6 is 0 Å². The largest absolute Gasteiger partial charge is 0.462 e. The number of rotatable bonds is 59. The maximum Gasteiger partial charge on any atom is 0.306 e. The van der Waals surface area contributed by atoms with Gasteiger partial charge in [-0.25, -0.2) is 0 Å². The molecule has 1 unspecified atom stereocenters. The Morgan fingerprint density at radius 3 is 0.795 bits per heavy atom. The van der Waals surface area contributed by atoms with Crippen molar-refractivity contribution in [2.24, 2.45) is 0 Å². The summed E-state index contributed by atoms with van der Waals surface area (Å²) >= 11 is 0. The molecule has 0 fully saturated rings. The van der Waals surface area contributed by atoms with Crippen LogP contribution in [0.25, 0.3) is 0 Å². The predicted octanol–water partition coefficient (Wildman–Crippen LogP) is 22.6. The van der Waals surface area contributed by atoms with Crippen LogP contribution in [0.4, 0.5) is 0 Å². The number of esters is 3. The molecule has 0 amide bonds. The van der Waals surface area contributed by atoms with Crippen LogP contribution in [-0.4, -0.2) is 37.2 Å². The normalized spacial score (nSPS) is 12.8. The summed E-state index contributed by atoms with van der Waals surface area (Å²) in [5.41, 5.74) is 0. The lowest BCUT2D eigenvalue weighted by molar-refractivity contribution is -0.167. The van der Waals surface area contributed by atoms with E-state index in [0.29, 0.717) is 19.3 Å². The molecule has 0 aliphatic rings. The Bertz CT molecular complexity index is 1570. The van der Waals surface area contributed by atoms with Crippen molar-refractivity contribution in [3.05, 3.63) is 109 Å². The highest BCUT2D eigenvalue weighted by Crippen LogP contribution is 2.15. The minimum atomic E-state index is -0.798. The minimum Gasteiger partial charge on any atom is -0.462 e. The fraction of sp³-hybridized carbons (Fsp3) is 0.708.